The van der Waals surface area contributed by atoms with Gasteiger partial charge in [-0.15, -0.1) is 0 Å². The Morgan fingerprint density at radius 3 is 2.59 bits per heavy atom. The molecule has 2 amide bonds. The Morgan fingerprint density at radius 1 is 1.41 bits per heavy atom. The topological polar surface area (TPSA) is 123 Å². The van der Waals surface area contributed by atoms with Crippen molar-refractivity contribution in [1.29, 1.82) is 0 Å². The van der Waals surface area contributed by atoms with Crippen molar-refractivity contribution in [2.75, 3.05) is 13.7 Å². The Bertz CT molecular complexity index is 574. The second kappa shape index (κ2) is 7.89. The molecule has 0 bridgehead atoms. The van der Waals surface area contributed by atoms with E-state index >= 15 is 0 Å². The largest absolute Gasteiger partial charge is 0.493 e. The summed E-state index contributed by atoms with van der Waals surface area (Å²) in [6, 6.07) is 3.30. The average Bonchev–Trinajstić information content (AvgIpc) is 2.51. The summed E-state index contributed by atoms with van der Waals surface area (Å²) in [6.45, 7) is 5.67. The third-order valence-corrected chi connectivity index (χ3v) is 2.74. The Balaban J connectivity index is 2.97. The van der Waals surface area contributed by atoms with E-state index in [2.05, 4.69) is 11.9 Å². The van der Waals surface area contributed by atoms with Gasteiger partial charge in [-0.3, -0.25) is 14.8 Å². The van der Waals surface area contributed by atoms with Gasteiger partial charge in [0.15, 0.2) is 11.5 Å². The summed E-state index contributed by atoms with van der Waals surface area (Å²) < 4.78 is 10.5. The van der Waals surface area contributed by atoms with Crippen LogP contribution in [0.1, 0.15) is 17.3 Å². The number of hydrogen-bond acceptors (Lipinski definition) is 6. The molecule has 120 valence electrons. The summed E-state index contributed by atoms with van der Waals surface area (Å²) in [4.78, 5) is 23.6. The molecule has 1 aromatic carbocycles. The minimum Gasteiger partial charge on any atom is -0.493 e. The van der Waals surface area contributed by atoms with Crippen molar-refractivity contribution < 1.29 is 24.3 Å². The highest BCUT2D eigenvalue weighted by molar-refractivity contribution is 5.98. The number of methoxy groups -OCH3 is 1. The summed E-state index contributed by atoms with van der Waals surface area (Å²) in [6.07, 6.45) is 0. The van der Waals surface area contributed by atoms with E-state index in [4.69, 9.17) is 20.4 Å². The number of nitrogens with one attached hydrogen (secondary N) is 2. The SMILES string of the molecule is C=C(N)C(NC(=O)c1ccc(OCC)c(OC)c1)C(=O)NO. The number of nitrogens with two attached hydrogens (primary N) is 1. The van der Waals surface area contributed by atoms with Crippen molar-refractivity contribution >= 4 is 11.8 Å². The van der Waals surface area contributed by atoms with Crippen molar-refractivity contribution in [2.45, 2.75) is 13.0 Å². The molecule has 0 heterocycles. The van der Waals surface area contributed by atoms with Crippen molar-refractivity contribution in [1.82, 2.24) is 10.8 Å². The maximum atomic E-state index is 12.2. The third kappa shape index (κ3) is 4.13. The van der Waals surface area contributed by atoms with Gasteiger partial charge in [0.2, 0.25) is 0 Å². The lowest BCUT2D eigenvalue weighted by Crippen LogP contribution is -2.48. The van der Waals surface area contributed by atoms with Gasteiger partial charge in [-0.25, -0.2) is 5.48 Å². The highest BCUT2D eigenvalue weighted by atomic mass is 16.5. The lowest BCUT2D eigenvalue weighted by atomic mass is 10.1. The first-order chi connectivity index (χ1) is 10.4. The molecule has 0 fully saturated rings. The Kier molecular flexibility index (Phi) is 6.21. The number of carbonyl (C=O) groups is 2. The van der Waals surface area contributed by atoms with Crippen LogP contribution in [0.3, 0.4) is 0 Å². The van der Waals surface area contributed by atoms with E-state index in [1.165, 1.54) is 24.7 Å². The maximum absolute atomic E-state index is 12.2. The van der Waals surface area contributed by atoms with E-state index in [1.807, 2.05) is 6.92 Å². The van der Waals surface area contributed by atoms with Crippen LogP contribution in [0.25, 0.3) is 0 Å². The number of hydrogen-bond donors (Lipinski definition) is 4. The second-order valence-electron chi connectivity index (χ2n) is 4.26. The predicted octanol–water partition coefficient (Wildman–Crippen LogP) is 0.170. The number of carbonyl (C=O) groups excluding carboxylic acids is 2. The first-order valence-corrected chi connectivity index (χ1v) is 6.44. The molecule has 1 atom stereocenters. The minimum absolute atomic E-state index is 0.113. The molecule has 1 rings (SSSR count). The van der Waals surface area contributed by atoms with Crippen LogP contribution in [-0.4, -0.2) is 36.8 Å². The highest BCUT2D eigenvalue weighted by Crippen LogP contribution is 2.28. The first-order valence-electron chi connectivity index (χ1n) is 6.44. The van der Waals surface area contributed by atoms with Gasteiger partial charge >= 0.3 is 0 Å². The molecule has 22 heavy (non-hydrogen) atoms. The lowest BCUT2D eigenvalue weighted by molar-refractivity contribution is -0.130. The number of amides is 2. The molecule has 0 aromatic heterocycles. The van der Waals surface area contributed by atoms with Gasteiger partial charge in [0, 0.05) is 11.3 Å². The van der Waals surface area contributed by atoms with Gasteiger partial charge in [0.05, 0.1) is 13.7 Å². The molecule has 0 spiro atoms. The Labute approximate surface area is 127 Å². The fourth-order valence-corrected chi connectivity index (χ4v) is 1.69. The van der Waals surface area contributed by atoms with Crippen LogP contribution in [0.15, 0.2) is 30.5 Å². The lowest BCUT2D eigenvalue weighted by Gasteiger charge is -2.17. The van der Waals surface area contributed by atoms with E-state index in [9.17, 15) is 9.59 Å². The molecule has 8 nitrogen and oxygen atoms in total. The molecule has 0 aliphatic rings. The standard InChI is InChI=1S/C14H19N3O5/c1-4-22-10-6-5-9(7-11(10)21-3)13(18)16-12(8(2)15)14(19)17-20/h5-7,12,20H,2,4,15H2,1,3H3,(H,16,18)(H,17,19). The summed E-state index contributed by atoms with van der Waals surface area (Å²) in [7, 11) is 1.45. The zero-order valence-electron chi connectivity index (χ0n) is 12.4. The quantitative estimate of drug-likeness (QED) is 0.420. The van der Waals surface area contributed by atoms with E-state index in [0.717, 1.165) is 0 Å². The van der Waals surface area contributed by atoms with Crippen LogP contribution in [-0.2, 0) is 4.79 Å². The van der Waals surface area contributed by atoms with Gasteiger partial charge in [-0.05, 0) is 25.1 Å². The van der Waals surface area contributed by atoms with E-state index in [-0.39, 0.29) is 11.3 Å². The summed E-state index contributed by atoms with van der Waals surface area (Å²) in [5.74, 6) is -0.598. The molecule has 0 saturated heterocycles. The predicted molar refractivity (Wildman–Crippen MR) is 78.7 cm³/mol. The van der Waals surface area contributed by atoms with E-state index < -0.39 is 17.9 Å². The molecule has 0 aliphatic heterocycles. The van der Waals surface area contributed by atoms with Crippen molar-refractivity contribution in [2.24, 2.45) is 5.73 Å². The summed E-state index contributed by atoms with van der Waals surface area (Å²) in [5.41, 5.74) is 6.97. The van der Waals surface area contributed by atoms with E-state index in [1.54, 1.807) is 6.07 Å². The van der Waals surface area contributed by atoms with Gasteiger partial charge in [0.25, 0.3) is 11.8 Å². The Hall–Kier alpha value is -2.74. The molecule has 5 N–H and O–H groups in total. The summed E-state index contributed by atoms with van der Waals surface area (Å²) in [5, 5.41) is 11.0. The molecule has 0 aliphatic carbocycles. The molecular weight excluding hydrogens is 290 g/mol. The van der Waals surface area contributed by atoms with Crippen LogP contribution in [0.5, 0.6) is 11.5 Å². The fourth-order valence-electron chi connectivity index (χ4n) is 1.69. The minimum atomic E-state index is -1.25. The number of ether oxygens (including phenoxy) is 2. The number of hydroxylamine groups is 1. The van der Waals surface area contributed by atoms with Crippen LogP contribution >= 0.6 is 0 Å². The molecule has 0 radical (unpaired) electrons. The second-order valence-corrected chi connectivity index (χ2v) is 4.26. The van der Waals surface area contributed by atoms with Crippen LogP contribution < -0.4 is 26.0 Å². The number of rotatable bonds is 7. The fraction of sp³-hybridized carbons (Fsp3) is 0.286. The summed E-state index contributed by atoms with van der Waals surface area (Å²) >= 11 is 0. The molecular formula is C14H19N3O5. The van der Waals surface area contributed by atoms with Crippen LogP contribution in [0.4, 0.5) is 0 Å². The maximum Gasteiger partial charge on any atom is 0.272 e. The van der Waals surface area contributed by atoms with Crippen molar-refractivity contribution in [3.63, 3.8) is 0 Å². The van der Waals surface area contributed by atoms with Crippen molar-refractivity contribution in [3.05, 3.63) is 36.0 Å². The van der Waals surface area contributed by atoms with E-state index in [0.29, 0.717) is 18.1 Å². The average molecular weight is 309 g/mol. The Morgan fingerprint density at radius 2 is 2.09 bits per heavy atom. The van der Waals surface area contributed by atoms with Gasteiger partial charge in [-0.2, -0.15) is 0 Å². The van der Waals surface area contributed by atoms with Gasteiger partial charge in [-0.1, -0.05) is 6.58 Å². The van der Waals surface area contributed by atoms with Gasteiger partial charge < -0.3 is 20.5 Å². The third-order valence-electron chi connectivity index (χ3n) is 2.74. The van der Waals surface area contributed by atoms with Gasteiger partial charge in [0.1, 0.15) is 6.04 Å². The molecule has 1 unspecified atom stereocenters. The zero-order chi connectivity index (χ0) is 16.7. The monoisotopic (exact) mass is 309 g/mol. The zero-order valence-corrected chi connectivity index (χ0v) is 12.4. The molecule has 8 heteroatoms. The normalized spacial score (nSPS) is 11.2. The van der Waals surface area contributed by atoms with Crippen molar-refractivity contribution in [3.8, 4) is 11.5 Å². The van der Waals surface area contributed by atoms with Crippen LogP contribution in [0.2, 0.25) is 0 Å². The molecule has 0 saturated carbocycles. The highest BCUT2D eigenvalue weighted by Gasteiger charge is 2.23. The molecule has 1 aromatic rings. The smallest absolute Gasteiger partial charge is 0.272 e. The number of benzene rings is 1. The van der Waals surface area contributed by atoms with Crippen LogP contribution in [0, 0.1) is 0 Å². The first kappa shape index (κ1) is 17.3.